The zero-order valence-electron chi connectivity index (χ0n) is 18.2. The Balaban J connectivity index is 1.70. The third-order valence-corrected chi connectivity index (χ3v) is 7.60. The standard InChI is InChI=1S/C23H35N3O3S/c1-3-15-30-21-19(22(27)26(2)18-7-5-4-6-8-18)13-14-20(25-21)24-17-11-9-16(10-12-17)23(28)29/h13-14,16-18H,3-12,15H2,1-2H3,(H,24,25)(H,28,29)/t16-,17-. The van der Waals surface area contributed by atoms with Gasteiger partial charge in [-0.1, -0.05) is 26.2 Å². The molecule has 0 saturated heterocycles. The van der Waals surface area contributed by atoms with Gasteiger partial charge in [0, 0.05) is 19.1 Å². The fraction of sp³-hybridized carbons (Fsp3) is 0.696. The number of nitrogens with zero attached hydrogens (tertiary/aromatic N) is 2. The highest BCUT2D eigenvalue weighted by atomic mass is 32.2. The van der Waals surface area contributed by atoms with E-state index >= 15 is 0 Å². The Labute approximate surface area is 184 Å². The summed E-state index contributed by atoms with van der Waals surface area (Å²) in [7, 11) is 1.93. The molecule has 0 aliphatic heterocycles. The largest absolute Gasteiger partial charge is 0.481 e. The minimum Gasteiger partial charge on any atom is -0.481 e. The minimum absolute atomic E-state index is 0.0709. The fourth-order valence-electron chi connectivity index (χ4n) is 4.51. The highest BCUT2D eigenvalue weighted by Gasteiger charge is 2.27. The first-order chi connectivity index (χ1) is 14.5. The second-order valence-corrected chi connectivity index (χ2v) is 9.72. The predicted octanol–water partition coefficient (Wildman–Crippen LogP) is 5.04. The van der Waals surface area contributed by atoms with E-state index < -0.39 is 5.97 Å². The number of rotatable bonds is 8. The summed E-state index contributed by atoms with van der Waals surface area (Å²) in [5, 5.41) is 13.5. The average molecular weight is 434 g/mol. The molecule has 7 heteroatoms. The average Bonchev–Trinajstić information content (AvgIpc) is 2.77. The van der Waals surface area contributed by atoms with Gasteiger partial charge in [0.15, 0.2) is 0 Å². The number of anilines is 1. The summed E-state index contributed by atoms with van der Waals surface area (Å²) in [6.45, 7) is 2.13. The first-order valence-electron chi connectivity index (χ1n) is 11.4. The number of carboxylic acids is 1. The SMILES string of the molecule is CCCSc1nc(N[C@H]2CC[C@H](C(=O)O)CC2)ccc1C(=O)N(C)C1CCCCC1. The molecule has 0 aromatic carbocycles. The summed E-state index contributed by atoms with van der Waals surface area (Å²) >= 11 is 1.64. The number of hydrogen-bond acceptors (Lipinski definition) is 5. The van der Waals surface area contributed by atoms with Crippen molar-refractivity contribution >= 4 is 29.5 Å². The Morgan fingerprint density at radius 2 is 1.83 bits per heavy atom. The van der Waals surface area contributed by atoms with Crippen LogP contribution in [0.5, 0.6) is 0 Å². The molecule has 3 rings (SSSR count). The Morgan fingerprint density at radius 3 is 2.47 bits per heavy atom. The quantitative estimate of drug-likeness (QED) is 0.559. The van der Waals surface area contributed by atoms with Crippen LogP contribution in [0.3, 0.4) is 0 Å². The van der Waals surface area contributed by atoms with Crippen molar-refractivity contribution in [1.82, 2.24) is 9.88 Å². The molecule has 166 valence electrons. The van der Waals surface area contributed by atoms with Crippen LogP contribution in [-0.2, 0) is 4.79 Å². The van der Waals surface area contributed by atoms with Gasteiger partial charge in [0.25, 0.3) is 5.91 Å². The normalized spacial score (nSPS) is 22.5. The van der Waals surface area contributed by atoms with E-state index in [1.807, 2.05) is 24.1 Å². The summed E-state index contributed by atoms with van der Waals surface area (Å²) in [6.07, 6.45) is 9.94. The Hall–Kier alpha value is -1.76. The van der Waals surface area contributed by atoms with E-state index in [9.17, 15) is 14.7 Å². The van der Waals surface area contributed by atoms with Crippen LogP contribution >= 0.6 is 11.8 Å². The molecule has 1 aromatic rings. The highest BCUT2D eigenvalue weighted by molar-refractivity contribution is 7.99. The number of thioether (sulfide) groups is 1. The Morgan fingerprint density at radius 1 is 1.13 bits per heavy atom. The first kappa shape index (κ1) is 22.9. The summed E-state index contributed by atoms with van der Waals surface area (Å²) in [5.41, 5.74) is 0.696. The molecule has 2 saturated carbocycles. The molecular weight excluding hydrogens is 398 g/mol. The van der Waals surface area contributed by atoms with Crippen LogP contribution in [0.2, 0.25) is 0 Å². The maximum absolute atomic E-state index is 13.2. The number of pyridine rings is 1. The number of hydrogen-bond donors (Lipinski definition) is 2. The molecule has 2 aliphatic rings. The van der Waals surface area contributed by atoms with Crippen molar-refractivity contribution < 1.29 is 14.7 Å². The zero-order valence-corrected chi connectivity index (χ0v) is 19.0. The van der Waals surface area contributed by atoms with Crippen LogP contribution in [0, 0.1) is 5.92 Å². The smallest absolute Gasteiger partial charge is 0.306 e. The molecule has 6 nitrogen and oxygen atoms in total. The molecule has 30 heavy (non-hydrogen) atoms. The molecular formula is C23H35N3O3S. The molecule has 1 amide bonds. The highest BCUT2D eigenvalue weighted by Crippen LogP contribution is 2.30. The second-order valence-electron chi connectivity index (χ2n) is 8.64. The van der Waals surface area contributed by atoms with Gasteiger partial charge in [-0.05, 0) is 62.8 Å². The Kier molecular flexibility index (Phi) is 8.42. The van der Waals surface area contributed by atoms with Crippen molar-refractivity contribution in [3.8, 4) is 0 Å². The summed E-state index contributed by atoms with van der Waals surface area (Å²) in [5.74, 6) is 0.871. The summed E-state index contributed by atoms with van der Waals surface area (Å²) in [6, 6.07) is 4.39. The number of carboxylic acid groups (broad SMARTS) is 1. The van der Waals surface area contributed by atoms with Crippen LogP contribution in [-0.4, -0.2) is 51.8 Å². The number of carbonyl (C=O) groups excluding carboxylic acids is 1. The van der Waals surface area contributed by atoms with E-state index in [1.165, 1.54) is 19.3 Å². The van der Waals surface area contributed by atoms with Gasteiger partial charge >= 0.3 is 5.97 Å². The van der Waals surface area contributed by atoms with Crippen molar-refractivity contribution in [1.29, 1.82) is 0 Å². The summed E-state index contributed by atoms with van der Waals surface area (Å²) < 4.78 is 0. The third kappa shape index (κ3) is 5.90. The Bertz CT molecular complexity index is 728. The van der Waals surface area contributed by atoms with Crippen molar-refractivity contribution in [3.63, 3.8) is 0 Å². The molecule has 2 fully saturated rings. The van der Waals surface area contributed by atoms with Gasteiger partial charge in [0.05, 0.1) is 11.5 Å². The first-order valence-corrected chi connectivity index (χ1v) is 12.4. The van der Waals surface area contributed by atoms with E-state index in [4.69, 9.17) is 4.98 Å². The lowest BCUT2D eigenvalue weighted by molar-refractivity contribution is -0.142. The molecule has 1 aromatic heterocycles. The summed E-state index contributed by atoms with van der Waals surface area (Å²) in [4.78, 5) is 31.1. The number of aromatic nitrogens is 1. The lowest BCUT2D eigenvalue weighted by Gasteiger charge is -2.31. The number of aliphatic carboxylic acids is 1. The molecule has 0 bridgehead atoms. The third-order valence-electron chi connectivity index (χ3n) is 6.40. The van der Waals surface area contributed by atoms with E-state index in [0.717, 1.165) is 48.7 Å². The van der Waals surface area contributed by atoms with Crippen molar-refractivity contribution in [3.05, 3.63) is 17.7 Å². The van der Waals surface area contributed by atoms with E-state index in [-0.39, 0.29) is 17.9 Å². The van der Waals surface area contributed by atoms with Crippen LogP contribution in [0.4, 0.5) is 5.82 Å². The van der Waals surface area contributed by atoms with Gasteiger partial charge in [-0.25, -0.2) is 4.98 Å². The number of amides is 1. The molecule has 2 N–H and O–H groups in total. The van der Waals surface area contributed by atoms with Crippen LogP contribution in [0.15, 0.2) is 17.2 Å². The van der Waals surface area contributed by atoms with Gasteiger partial charge in [0.2, 0.25) is 0 Å². The van der Waals surface area contributed by atoms with Gasteiger partial charge in [-0.15, -0.1) is 11.8 Å². The minimum atomic E-state index is -0.685. The van der Waals surface area contributed by atoms with Crippen LogP contribution in [0.1, 0.15) is 81.5 Å². The molecule has 0 unspecified atom stereocenters. The number of nitrogens with one attached hydrogen (secondary N) is 1. The topological polar surface area (TPSA) is 82.5 Å². The second kappa shape index (κ2) is 11.0. The molecule has 0 radical (unpaired) electrons. The van der Waals surface area contributed by atoms with Gasteiger partial charge < -0.3 is 15.3 Å². The van der Waals surface area contributed by atoms with E-state index in [0.29, 0.717) is 24.4 Å². The molecule has 0 spiro atoms. The van der Waals surface area contributed by atoms with Crippen molar-refractivity contribution in [2.45, 2.75) is 88.2 Å². The van der Waals surface area contributed by atoms with E-state index in [2.05, 4.69) is 12.2 Å². The number of carbonyl (C=O) groups is 2. The van der Waals surface area contributed by atoms with Gasteiger partial charge in [0.1, 0.15) is 10.8 Å². The predicted molar refractivity (Wildman–Crippen MR) is 121 cm³/mol. The molecule has 0 atom stereocenters. The maximum Gasteiger partial charge on any atom is 0.306 e. The maximum atomic E-state index is 13.2. The lowest BCUT2D eigenvalue weighted by atomic mass is 9.86. The molecule has 2 aliphatic carbocycles. The zero-order chi connectivity index (χ0) is 21.5. The molecule has 1 heterocycles. The fourth-order valence-corrected chi connectivity index (χ4v) is 5.38. The monoisotopic (exact) mass is 433 g/mol. The van der Waals surface area contributed by atoms with Crippen LogP contribution < -0.4 is 5.32 Å². The van der Waals surface area contributed by atoms with E-state index in [1.54, 1.807) is 11.8 Å². The van der Waals surface area contributed by atoms with Crippen LogP contribution in [0.25, 0.3) is 0 Å². The van der Waals surface area contributed by atoms with Gasteiger partial charge in [-0.2, -0.15) is 0 Å². The van der Waals surface area contributed by atoms with Gasteiger partial charge in [-0.3, -0.25) is 9.59 Å². The van der Waals surface area contributed by atoms with Crippen molar-refractivity contribution in [2.75, 3.05) is 18.1 Å². The lowest BCUT2D eigenvalue weighted by Crippen LogP contribution is -2.38. The van der Waals surface area contributed by atoms with Crippen molar-refractivity contribution in [2.24, 2.45) is 5.92 Å².